The largest absolute Gasteiger partial charge is 0.214 e. The summed E-state index contributed by atoms with van der Waals surface area (Å²) in [5.41, 5.74) is 5.73. The summed E-state index contributed by atoms with van der Waals surface area (Å²) in [6, 6.07) is 31.1. The molecule has 0 spiro atoms. The third-order valence-corrected chi connectivity index (χ3v) is 10.9. The van der Waals surface area contributed by atoms with Crippen molar-refractivity contribution in [1.82, 2.24) is 0 Å². The molecule has 1 aliphatic carbocycles. The summed E-state index contributed by atoms with van der Waals surface area (Å²) >= 11 is 1.80. The van der Waals surface area contributed by atoms with Gasteiger partial charge < -0.3 is 0 Å². The van der Waals surface area contributed by atoms with E-state index in [9.17, 15) is 0 Å². The van der Waals surface area contributed by atoms with Crippen LogP contribution >= 0.6 is 0 Å². The van der Waals surface area contributed by atoms with Gasteiger partial charge in [0.15, 0.2) is 0 Å². The van der Waals surface area contributed by atoms with Gasteiger partial charge in [-0.25, -0.2) is 12.1 Å². The molecule has 0 amide bonds. The molecule has 0 saturated heterocycles. The van der Waals surface area contributed by atoms with Gasteiger partial charge in [-0.15, -0.1) is 5.56 Å². The molecule has 0 aliphatic heterocycles. The Morgan fingerprint density at radius 1 is 0.958 bits per heavy atom. The van der Waals surface area contributed by atoms with Crippen LogP contribution in [0.25, 0.3) is 11.1 Å². The van der Waals surface area contributed by atoms with Crippen LogP contribution in [0.2, 0.25) is 12.1 Å². The van der Waals surface area contributed by atoms with Gasteiger partial charge in [0, 0.05) is 0 Å². The van der Waals surface area contributed by atoms with Gasteiger partial charge in [-0.05, 0) is 6.42 Å². The van der Waals surface area contributed by atoms with Crippen LogP contribution in [0.1, 0.15) is 25.0 Å². The molecule has 120 valence electrons. The second-order valence-electron chi connectivity index (χ2n) is 5.67. The van der Waals surface area contributed by atoms with E-state index in [2.05, 4.69) is 56.3 Å². The molecule has 24 heavy (non-hydrogen) atoms. The van der Waals surface area contributed by atoms with E-state index in [-0.39, 0.29) is 5.43 Å². The fraction of sp³-hybridized carbons (Fsp3) is 0.227. The predicted octanol–water partition coefficient (Wildman–Crippen LogP) is 6.03. The smallest absolute Gasteiger partial charge is 0.0253 e. The molecule has 4 rings (SSSR count). The third kappa shape index (κ3) is 5.76. The average Bonchev–Trinajstić information content (AvgIpc) is 3.32. The van der Waals surface area contributed by atoms with Gasteiger partial charge >= 0.3 is 54.7 Å². The molecular formula is C22H24SiZr. The Kier molecular flexibility index (Phi) is 8.56. The van der Waals surface area contributed by atoms with Crippen LogP contribution in [-0.4, -0.2) is 5.43 Å². The summed E-state index contributed by atoms with van der Waals surface area (Å²) in [4.78, 5) is 0. The molecule has 0 aromatic heterocycles. The van der Waals surface area contributed by atoms with E-state index in [1.807, 2.05) is 36.4 Å². The fourth-order valence-electron chi connectivity index (χ4n) is 2.57. The Bertz CT molecular complexity index is 677. The molecule has 0 saturated carbocycles. The predicted molar refractivity (Wildman–Crippen MR) is 102 cm³/mol. The van der Waals surface area contributed by atoms with Gasteiger partial charge in [0.2, 0.25) is 0 Å². The summed E-state index contributed by atoms with van der Waals surface area (Å²) in [6.45, 7) is 4.60. The summed E-state index contributed by atoms with van der Waals surface area (Å²) in [6.07, 6.45) is 1.05. The first-order valence-electron chi connectivity index (χ1n) is 8.57. The van der Waals surface area contributed by atoms with Crippen molar-refractivity contribution < 1.29 is 23.3 Å². The molecule has 0 atom stereocenters. The number of benzene rings is 2. The molecule has 0 heterocycles. The van der Waals surface area contributed by atoms with Crippen molar-refractivity contribution in [3.63, 3.8) is 0 Å². The number of rotatable bonds is 2. The normalized spacial score (nSPS) is 10.5. The minimum Gasteiger partial charge on any atom is -0.214 e. The quantitative estimate of drug-likeness (QED) is 0.281. The first-order chi connectivity index (χ1) is 11.8. The van der Waals surface area contributed by atoms with Gasteiger partial charge in [-0.2, -0.15) is 48.0 Å². The van der Waals surface area contributed by atoms with E-state index >= 15 is 0 Å². The Morgan fingerprint density at radius 3 is 2.21 bits per heavy atom. The zero-order valence-electron chi connectivity index (χ0n) is 14.5. The molecule has 1 aliphatic rings. The summed E-state index contributed by atoms with van der Waals surface area (Å²) < 4.78 is 0. The number of hydrogen-bond donors (Lipinski definition) is 0. The molecule has 0 unspecified atom stereocenters. The van der Waals surface area contributed by atoms with Crippen molar-refractivity contribution >= 4 is 5.43 Å². The van der Waals surface area contributed by atoms with Crippen molar-refractivity contribution in [3.05, 3.63) is 90.0 Å². The van der Waals surface area contributed by atoms with Crippen LogP contribution in [0.3, 0.4) is 0 Å². The van der Waals surface area contributed by atoms with E-state index in [4.69, 9.17) is 0 Å². The van der Waals surface area contributed by atoms with Crippen molar-refractivity contribution in [2.75, 3.05) is 0 Å². The van der Waals surface area contributed by atoms with E-state index in [1.54, 1.807) is 23.3 Å². The maximum absolute atomic E-state index is 3.30. The zero-order valence-corrected chi connectivity index (χ0v) is 18.0. The number of hydrogen-bond acceptors (Lipinski definition) is 0. The summed E-state index contributed by atoms with van der Waals surface area (Å²) in [7, 11) is 0. The minimum atomic E-state index is 0.222. The molecule has 0 radical (unpaired) electrons. The van der Waals surface area contributed by atoms with Crippen LogP contribution in [0.5, 0.6) is 0 Å². The van der Waals surface area contributed by atoms with Crippen LogP contribution in [-0.2, 0) is 29.8 Å². The summed E-state index contributed by atoms with van der Waals surface area (Å²) in [5.74, 6) is 0. The second kappa shape index (κ2) is 10.7. The number of fused-ring (bicyclic) bond motifs is 3. The maximum Gasteiger partial charge on any atom is -0.0253 e. The van der Waals surface area contributed by atoms with E-state index in [0.29, 0.717) is 0 Å². The van der Waals surface area contributed by atoms with Crippen LogP contribution in [0.4, 0.5) is 0 Å². The molecule has 3 aromatic carbocycles. The van der Waals surface area contributed by atoms with E-state index in [0.717, 1.165) is 6.42 Å². The van der Waals surface area contributed by atoms with Gasteiger partial charge in [0.25, 0.3) is 0 Å². The fourth-order valence-corrected chi connectivity index (χ4v) is 3.07. The molecule has 0 N–H and O–H groups in total. The molecule has 0 nitrogen and oxygen atoms in total. The average molecular weight is 408 g/mol. The minimum absolute atomic E-state index is 0.222. The zero-order chi connectivity index (χ0) is 17.2. The first kappa shape index (κ1) is 19.2. The van der Waals surface area contributed by atoms with Crippen LogP contribution in [0, 0.1) is 6.07 Å². The van der Waals surface area contributed by atoms with E-state index in [1.165, 1.54) is 34.3 Å². The van der Waals surface area contributed by atoms with Gasteiger partial charge in [-0.3, -0.25) is 0 Å². The van der Waals surface area contributed by atoms with Crippen LogP contribution < -0.4 is 0 Å². The Morgan fingerprint density at radius 2 is 1.62 bits per heavy atom. The first-order valence-corrected chi connectivity index (χ1v) is 14.2. The van der Waals surface area contributed by atoms with Gasteiger partial charge in [0.05, 0.1) is 0 Å². The Balaban J connectivity index is 0.000000159. The molecule has 0 bridgehead atoms. The van der Waals surface area contributed by atoms with Crippen LogP contribution in [0.15, 0.2) is 72.8 Å². The second-order valence-corrected chi connectivity index (χ2v) is 13.5. The van der Waals surface area contributed by atoms with Crippen molar-refractivity contribution in [2.24, 2.45) is 0 Å². The molecule has 3 aromatic rings. The topological polar surface area (TPSA) is 0 Å². The third-order valence-electron chi connectivity index (χ3n) is 4.03. The van der Waals surface area contributed by atoms with E-state index < -0.39 is 0 Å². The standard InChI is InChI=1S/C13H9.C5H5.C4H10Si.Zr/c1-3-7-12-10(5-1)9-11-6-2-4-8-13(11)12;1-2-4-5-3-1;1-3-5-4-2;/h1-5,7-8H,9H2;1-5H;3-4H2,1-2H3;/q2*-1;;+2. The monoisotopic (exact) mass is 406 g/mol. The molecular weight excluding hydrogens is 384 g/mol. The maximum atomic E-state index is 3.30. The Labute approximate surface area is 161 Å². The van der Waals surface area contributed by atoms with Crippen molar-refractivity contribution in [3.8, 4) is 11.1 Å². The summed E-state index contributed by atoms with van der Waals surface area (Å²) in [5, 5.41) is 0. The van der Waals surface area contributed by atoms with Gasteiger partial charge in [-0.1, -0.05) is 35.4 Å². The SMILES string of the molecule is CC[Si](=[Zr+2])CC.[c-]1cccc2c1Cc1ccccc1-2.c1cc[cH-]c1. The van der Waals surface area contributed by atoms with Gasteiger partial charge in [0.1, 0.15) is 0 Å². The van der Waals surface area contributed by atoms with Crippen molar-refractivity contribution in [2.45, 2.75) is 32.4 Å². The van der Waals surface area contributed by atoms with Crippen molar-refractivity contribution in [1.29, 1.82) is 0 Å². The Hall–Kier alpha value is -1.11. The molecule has 0 fully saturated rings. The molecule has 2 heteroatoms.